The van der Waals surface area contributed by atoms with E-state index in [0.29, 0.717) is 17.6 Å². The fraction of sp³-hybridized carbons (Fsp3) is 0.0952. The van der Waals surface area contributed by atoms with Gasteiger partial charge in [0.25, 0.3) is 5.91 Å². The molecule has 0 atom stereocenters. The summed E-state index contributed by atoms with van der Waals surface area (Å²) in [5.74, 6) is 0.101. The van der Waals surface area contributed by atoms with Gasteiger partial charge in [-0.1, -0.05) is 54.1 Å². The molecule has 1 amide bonds. The number of hydrogen-bond donors (Lipinski definition) is 2. The van der Waals surface area contributed by atoms with Crippen molar-refractivity contribution in [2.75, 3.05) is 5.32 Å². The van der Waals surface area contributed by atoms with Gasteiger partial charge in [-0.15, -0.1) is 0 Å². The molecule has 0 aliphatic carbocycles. The summed E-state index contributed by atoms with van der Waals surface area (Å²) in [6.45, 7) is 2.43. The number of H-pyrrole nitrogens is 1. The zero-order valence-electron chi connectivity index (χ0n) is 15.2. The van der Waals surface area contributed by atoms with Crippen LogP contribution in [0.15, 0.2) is 60.7 Å². The van der Waals surface area contributed by atoms with E-state index in [0.717, 1.165) is 27.9 Å². The second-order valence-electron chi connectivity index (χ2n) is 6.36. The summed E-state index contributed by atoms with van der Waals surface area (Å²) >= 11 is 6.48. The molecule has 2 aromatic carbocycles. The Morgan fingerprint density at radius 2 is 1.93 bits per heavy atom. The van der Waals surface area contributed by atoms with Crippen LogP contribution in [0.1, 0.15) is 16.8 Å². The summed E-state index contributed by atoms with van der Waals surface area (Å²) in [5, 5.41) is 7.70. The Morgan fingerprint density at radius 1 is 1.18 bits per heavy atom. The normalized spacial score (nSPS) is 11.4. The molecule has 0 fully saturated rings. The fourth-order valence-corrected chi connectivity index (χ4v) is 3.24. The molecule has 2 heterocycles. The van der Waals surface area contributed by atoms with Gasteiger partial charge in [0.15, 0.2) is 0 Å². The Labute approximate surface area is 166 Å². The first-order valence-corrected chi connectivity index (χ1v) is 9.18. The van der Waals surface area contributed by atoms with Crippen LogP contribution in [-0.2, 0) is 11.3 Å². The Hall–Kier alpha value is -3.38. The van der Waals surface area contributed by atoms with Crippen LogP contribution in [0.3, 0.4) is 0 Å². The third-order valence-electron chi connectivity index (χ3n) is 4.32. The van der Waals surface area contributed by atoms with Gasteiger partial charge < -0.3 is 4.98 Å². The van der Waals surface area contributed by atoms with Crippen LogP contribution in [0.2, 0.25) is 5.15 Å². The number of nitrogens with zero attached hydrogens (tertiary/aromatic N) is 3. The lowest BCUT2D eigenvalue weighted by Gasteiger charge is -2.03. The number of benzene rings is 2. The molecule has 0 unspecified atom stereocenters. The number of aromatic nitrogens is 4. The molecule has 7 heteroatoms. The van der Waals surface area contributed by atoms with E-state index in [4.69, 9.17) is 11.6 Å². The molecule has 0 radical (unpaired) electrons. The average molecular weight is 392 g/mol. The third kappa shape index (κ3) is 3.82. The Bertz CT molecular complexity index is 1130. The van der Waals surface area contributed by atoms with Crippen LogP contribution in [0.4, 0.5) is 5.95 Å². The van der Waals surface area contributed by atoms with Crippen molar-refractivity contribution in [3.05, 3.63) is 82.6 Å². The molecule has 2 N–H and O–H groups in total. The van der Waals surface area contributed by atoms with Gasteiger partial charge in [-0.05, 0) is 30.7 Å². The van der Waals surface area contributed by atoms with Crippen molar-refractivity contribution in [3.63, 3.8) is 0 Å². The number of fused-ring (bicyclic) bond motifs is 1. The number of amides is 1. The summed E-state index contributed by atoms with van der Waals surface area (Å²) in [7, 11) is 0. The standard InChI is InChI=1S/C21H18ClN5O/c1-14-16(20(22)27(26-14)13-15-7-3-2-4-8-15)11-12-19(28)25-21-23-17-9-5-6-10-18(17)24-21/h2-12H,13H2,1H3,(H2,23,24,25,28)/b12-11+. The van der Waals surface area contributed by atoms with Crippen molar-refractivity contribution in [3.8, 4) is 0 Å². The Kier molecular flexibility index (Phi) is 4.95. The number of nitrogens with one attached hydrogen (secondary N) is 2. The van der Waals surface area contributed by atoms with Gasteiger partial charge in [0.2, 0.25) is 5.95 Å². The molecule has 4 rings (SSSR count). The van der Waals surface area contributed by atoms with E-state index in [2.05, 4.69) is 20.4 Å². The van der Waals surface area contributed by atoms with Crippen molar-refractivity contribution in [1.29, 1.82) is 0 Å². The zero-order chi connectivity index (χ0) is 19.5. The fourth-order valence-electron chi connectivity index (χ4n) is 2.95. The minimum absolute atomic E-state index is 0.301. The van der Waals surface area contributed by atoms with Gasteiger partial charge in [0.1, 0.15) is 5.15 Å². The third-order valence-corrected chi connectivity index (χ3v) is 4.72. The minimum Gasteiger partial charge on any atom is -0.324 e. The van der Waals surface area contributed by atoms with E-state index in [1.165, 1.54) is 6.08 Å². The highest BCUT2D eigenvalue weighted by molar-refractivity contribution is 6.31. The topological polar surface area (TPSA) is 75.6 Å². The molecule has 28 heavy (non-hydrogen) atoms. The SMILES string of the molecule is Cc1nn(Cc2ccccc2)c(Cl)c1/C=C/C(=O)Nc1nc2ccccc2[nH]1. The first-order valence-electron chi connectivity index (χ1n) is 8.81. The van der Waals surface area contributed by atoms with E-state index < -0.39 is 0 Å². The summed E-state index contributed by atoms with van der Waals surface area (Å²) in [6.07, 6.45) is 3.10. The second kappa shape index (κ2) is 7.70. The lowest BCUT2D eigenvalue weighted by molar-refractivity contribution is -0.111. The van der Waals surface area contributed by atoms with Crippen LogP contribution in [-0.4, -0.2) is 25.7 Å². The van der Waals surface area contributed by atoms with E-state index >= 15 is 0 Å². The molecule has 140 valence electrons. The molecule has 0 spiro atoms. The number of carbonyl (C=O) groups excluding carboxylic acids is 1. The maximum absolute atomic E-state index is 12.3. The number of para-hydroxylation sites is 2. The number of anilines is 1. The van der Waals surface area contributed by atoms with Crippen molar-refractivity contribution in [2.45, 2.75) is 13.5 Å². The molecule has 6 nitrogen and oxygen atoms in total. The molecule has 2 aromatic heterocycles. The maximum Gasteiger partial charge on any atom is 0.250 e. The summed E-state index contributed by atoms with van der Waals surface area (Å²) in [5.41, 5.74) is 4.24. The predicted octanol–water partition coefficient (Wildman–Crippen LogP) is 4.42. The molecule has 0 saturated heterocycles. The van der Waals surface area contributed by atoms with Crippen molar-refractivity contribution < 1.29 is 4.79 Å². The Balaban J connectivity index is 1.48. The first kappa shape index (κ1) is 18.0. The van der Waals surface area contributed by atoms with Crippen LogP contribution >= 0.6 is 11.6 Å². The Morgan fingerprint density at radius 3 is 2.71 bits per heavy atom. The number of hydrogen-bond acceptors (Lipinski definition) is 3. The van der Waals surface area contributed by atoms with Gasteiger partial charge in [-0.25, -0.2) is 9.67 Å². The van der Waals surface area contributed by atoms with E-state index in [-0.39, 0.29) is 5.91 Å². The smallest absolute Gasteiger partial charge is 0.250 e. The highest BCUT2D eigenvalue weighted by atomic mass is 35.5. The maximum atomic E-state index is 12.3. The molecule has 0 aliphatic rings. The van der Waals surface area contributed by atoms with Gasteiger partial charge in [0, 0.05) is 11.6 Å². The lowest BCUT2D eigenvalue weighted by atomic mass is 10.2. The van der Waals surface area contributed by atoms with Crippen molar-refractivity contribution >= 4 is 40.6 Å². The number of carbonyl (C=O) groups is 1. The van der Waals surface area contributed by atoms with Gasteiger partial charge >= 0.3 is 0 Å². The molecule has 0 saturated carbocycles. The summed E-state index contributed by atoms with van der Waals surface area (Å²) < 4.78 is 1.73. The van der Waals surface area contributed by atoms with Crippen LogP contribution in [0, 0.1) is 6.92 Å². The van der Waals surface area contributed by atoms with E-state index in [1.54, 1.807) is 10.8 Å². The monoisotopic (exact) mass is 391 g/mol. The number of rotatable bonds is 5. The van der Waals surface area contributed by atoms with Crippen LogP contribution < -0.4 is 5.32 Å². The van der Waals surface area contributed by atoms with Crippen LogP contribution in [0.5, 0.6) is 0 Å². The number of aromatic amines is 1. The van der Waals surface area contributed by atoms with Gasteiger partial charge in [0.05, 0.1) is 23.3 Å². The second-order valence-corrected chi connectivity index (χ2v) is 6.72. The van der Waals surface area contributed by atoms with Gasteiger partial charge in [-0.2, -0.15) is 5.10 Å². The largest absolute Gasteiger partial charge is 0.324 e. The molecule has 0 bridgehead atoms. The van der Waals surface area contributed by atoms with Gasteiger partial charge in [-0.3, -0.25) is 10.1 Å². The molecular formula is C21H18ClN5O. The quantitative estimate of drug-likeness (QED) is 0.494. The highest BCUT2D eigenvalue weighted by Gasteiger charge is 2.12. The molecule has 4 aromatic rings. The van der Waals surface area contributed by atoms with E-state index in [1.807, 2.05) is 61.5 Å². The number of aryl methyl sites for hydroxylation is 1. The number of imidazole rings is 1. The van der Waals surface area contributed by atoms with Crippen molar-refractivity contribution in [2.24, 2.45) is 0 Å². The number of halogens is 1. The summed E-state index contributed by atoms with van der Waals surface area (Å²) in [4.78, 5) is 19.6. The zero-order valence-corrected chi connectivity index (χ0v) is 15.9. The van der Waals surface area contributed by atoms with E-state index in [9.17, 15) is 4.79 Å². The first-order chi connectivity index (χ1) is 13.6. The highest BCUT2D eigenvalue weighted by Crippen LogP contribution is 2.22. The lowest BCUT2D eigenvalue weighted by Crippen LogP contribution is -2.08. The molecule has 0 aliphatic heterocycles. The summed E-state index contributed by atoms with van der Waals surface area (Å²) in [6, 6.07) is 17.5. The average Bonchev–Trinajstić information content (AvgIpc) is 3.21. The van der Waals surface area contributed by atoms with Crippen LogP contribution in [0.25, 0.3) is 17.1 Å². The van der Waals surface area contributed by atoms with Crippen molar-refractivity contribution in [1.82, 2.24) is 19.7 Å². The minimum atomic E-state index is -0.301. The molecular weight excluding hydrogens is 374 g/mol. The predicted molar refractivity (Wildman–Crippen MR) is 111 cm³/mol.